The summed E-state index contributed by atoms with van der Waals surface area (Å²) in [6, 6.07) is 10.9. The zero-order valence-electron chi connectivity index (χ0n) is 51.3. The largest absolute Gasteiger partial charge is 0.481 e. The molecule has 4 N–H and O–H groups in total. The Bertz CT molecular complexity index is 2770. The first-order valence-corrected chi connectivity index (χ1v) is 30.6. The lowest BCUT2D eigenvalue weighted by molar-refractivity contribution is -0.139. The minimum atomic E-state index is -0.889. The summed E-state index contributed by atoms with van der Waals surface area (Å²) < 4.78 is 76.0. The van der Waals surface area contributed by atoms with Gasteiger partial charge in [0.05, 0.1) is 158 Å². The van der Waals surface area contributed by atoms with Crippen LogP contribution >= 0.6 is 0 Å². The van der Waals surface area contributed by atoms with Crippen LogP contribution in [-0.4, -0.2) is 232 Å². The molecule has 0 bridgehead atoms. The van der Waals surface area contributed by atoms with Crippen LogP contribution < -0.4 is 31.7 Å². The number of carbonyl (C=O) groups is 4. The number of anilines is 2. The Labute approximate surface area is 513 Å². The van der Waals surface area contributed by atoms with Gasteiger partial charge in [-0.15, -0.1) is 0 Å². The third-order valence-corrected chi connectivity index (χ3v) is 13.7. The fraction of sp³-hybridized carbons (Fsp3) is 0.645. The van der Waals surface area contributed by atoms with Gasteiger partial charge >= 0.3 is 23.2 Å². The maximum absolute atomic E-state index is 12.7. The highest BCUT2D eigenvalue weighted by molar-refractivity contribution is 5.98. The second-order valence-corrected chi connectivity index (χ2v) is 20.1. The molecule has 0 aliphatic carbocycles. The molecule has 2 amide bonds. The van der Waals surface area contributed by atoms with E-state index in [0.717, 1.165) is 74.9 Å². The number of unbranched alkanes of at least 4 members (excludes halogenated alkanes) is 1. The SMILES string of the molecule is CCN(CC)c1ccc2cc(C(=O)NCCOCCOCCOCCOCCOCCOCCOCCOCCCCC(=O)O)c(=O)oc2c1.O=C(O)CCOCCOCCOCCOCCNC(=O)c1cc2cc3c4c(c2oc1=O)CCCN4CCC3. The summed E-state index contributed by atoms with van der Waals surface area (Å²) in [7, 11) is 0. The minimum absolute atomic E-state index is 0.00347. The molecule has 6 rings (SSSR count). The molecule has 0 saturated heterocycles. The summed E-state index contributed by atoms with van der Waals surface area (Å²) in [5, 5.41) is 23.9. The number of carbonyl (C=O) groups excluding carboxylic acids is 2. The predicted octanol–water partition coefficient (Wildman–Crippen LogP) is 4.52. The number of carboxylic acid groups (broad SMARTS) is 2. The molecule has 0 atom stereocenters. The molecule has 26 heteroatoms. The van der Waals surface area contributed by atoms with E-state index >= 15 is 0 Å². The molecule has 0 saturated carbocycles. The smallest absolute Gasteiger partial charge is 0.349 e. The van der Waals surface area contributed by atoms with Crippen LogP contribution in [0.25, 0.3) is 21.9 Å². The zero-order valence-corrected chi connectivity index (χ0v) is 51.3. The lowest BCUT2D eigenvalue weighted by Gasteiger charge is -2.37. The molecule has 0 radical (unpaired) electrons. The van der Waals surface area contributed by atoms with E-state index < -0.39 is 35.0 Å². The fourth-order valence-electron chi connectivity index (χ4n) is 9.35. The van der Waals surface area contributed by atoms with Gasteiger partial charge in [-0.1, -0.05) is 0 Å². The number of aryl methyl sites for hydroxylation is 2. The molecule has 4 aromatic rings. The average molecular weight is 1250 g/mol. The van der Waals surface area contributed by atoms with Crippen molar-refractivity contribution in [3.63, 3.8) is 0 Å². The first-order valence-electron chi connectivity index (χ1n) is 30.6. The van der Waals surface area contributed by atoms with E-state index in [1.54, 1.807) is 12.1 Å². The number of carboxylic acids is 2. The minimum Gasteiger partial charge on any atom is -0.481 e. The number of benzene rings is 2. The summed E-state index contributed by atoms with van der Waals surface area (Å²) in [5.41, 5.74) is 4.26. The summed E-state index contributed by atoms with van der Waals surface area (Å²) in [5.74, 6) is -2.65. The summed E-state index contributed by atoms with van der Waals surface area (Å²) in [6.45, 7) is 18.2. The van der Waals surface area contributed by atoms with Crippen LogP contribution in [0.4, 0.5) is 11.4 Å². The van der Waals surface area contributed by atoms with Crippen molar-refractivity contribution in [2.24, 2.45) is 0 Å². The van der Waals surface area contributed by atoms with Gasteiger partial charge < -0.3 is 96.3 Å². The van der Waals surface area contributed by atoms with Crippen molar-refractivity contribution in [2.75, 3.05) is 208 Å². The van der Waals surface area contributed by atoms with Crippen molar-refractivity contribution in [3.8, 4) is 0 Å². The molecule has 0 fully saturated rings. The Morgan fingerprint density at radius 3 is 1.38 bits per heavy atom. The van der Waals surface area contributed by atoms with Crippen molar-refractivity contribution in [3.05, 3.63) is 79.5 Å². The van der Waals surface area contributed by atoms with Gasteiger partial charge in [-0.25, -0.2) is 9.59 Å². The van der Waals surface area contributed by atoms with Crippen LogP contribution in [-0.2, 0) is 79.3 Å². The van der Waals surface area contributed by atoms with E-state index in [1.807, 2.05) is 18.2 Å². The second kappa shape index (κ2) is 44.3. The topological polar surface area (TPSA) is 310 Å². The second-order valence-electron chi connectivity index (χ2n) is 20.1. The first kappa shape index (κ1) is 72.6. The van der Waals surface area contributed by atoms with Crippen LogP contribution in [0.2, 0.25) is 0 Å². The third-order valence-electron chi connectivity index (χ3n) is 13.7. The molecule has 2 aliphatic rings. The number of hydrogen-bond donors (Lipinski definition) is 4. The standard InChI is InChI=1S/C35H56N2O13.C27H36N2O9/c1-3-37(4-2)30-9-8-29-27-31(35(41)50-32(29)28-30)34(40)36-10-12-43-14-16-45-18-20-47-22-24-49-26-25-48-23-21-46-19-17-44-15-13-42-11-6-5-7-33(38)39;30-23(31)5-9-34-11-13-36-15-16-37-14-12-35-10-6-28-26(32)22-18-20-17-19-3-1-7-29-8-2-4-21(24(19)29)25(20)38-27(22)33/h8-9,27-28H,3-7,10-26H2,1-2H3,(H,36,40)(H,38,39);17-18H,1-16H2,(H,28,32)(H,30,31). The quantitative estimate of drug-likeness (QED) is 0.0349. The van der Waals surface area contributed by atoms with Gasteiger partial charge in [-0.2, -0.15) is 0 Å². The number of nitrogens with one attached hydrogen (secondary N) is 2. The lowest BCUT2D eigenvalue weighted by Crippen LogP contribution is -2.35. The highest BCUT2D eigenvalue weighted by atomic mass is 16.6. The first-order chi connectivity index (χ1) is 43.0. The maximum atomic E-state index is 12.7. The molecular weight excluding hydrogens is 1150 g/mol. The maximum Gasteiger partial charge on any atom is 0.349 e. The van der Waals surface area contributed by atoms with E-state index in [4.69, 9.17) is 75.9 Å². The fourth-order valence-corrected chi connectivity index (χ4v) is 9.35. The molecule has 26 nitrogen and oxygen atoms in total. The van der Waals surface area contributed by atoms with Gasteiger partial charge in [0.2, 0.25) is 0 Å². The molecular formula is C62H92N4O22. The number of hydrogen-bond acceptors (Lipinski definition) is 22. The van der Waals surface area contributed by atoms with Crippen LogP contribution in [0.1, 0.15) is 84.2 Å². The van der Waals surface area contributed by atoms with E-state index in [-0.39, 0.29) is 56.9 Å². The monoisotopic (exact) mass is 1240 g/mol. The van der Waals surface area contributed by atoms with E-state index in [0.29, 0.717) is 162 Å². The van der Waals surface area contributed by atoms with Crippen molar-refractivity contribution >= 4 is 57.1 Å². The van der Waals surface area contributed by atoms with E-state index in [1.165, 1.54) is 11.3 Å². The molecule has 4 heterocycles. The molecule has 2 aromatic heterocycles. The number of nitrogens with zero attached hydrogens (tertiary/aromatic N) is 2. The Balaban J connectivity index is 0.000000332. The Morgan fingerprint density at radius 1 is 0.489 bits per heavy atom. The van der Waals surface area contributed by atoms with Crippen LogP contribution in [0.5, 0.6) is 0 Å². The van der Waals surface area contributed by atoms with Crippen molar-refractivity contribution < 1.29 is 95.1 Å². The normalized spacial score (nSPS) is 12.7. The average Bonchev–Trinajstić information content (AvgIpc) is 0.930. The van der Waals surface area contributed by atoms with E-state index in [2.05, 4.69) is 40.3 Å². The molecule has 0 unspecified atom stereocenters. The highest BCUT2D eigenvalue weighted by Gasteiger charge is 2.28. The van der Waals surface area contributed by atoms with Crippen LogP contribution in [0.15, 0.2) is 54.8 Å². The lowest BCUT2D eigenvalue weighted by atomic mass is 9.90. The molecule has 0 spiro atoms. The number of fused-ring (bicyclic) bond motifs is 3. The Kier molecular flexibility index (Phi) is 36.6. The molecule has 88 heavy (non-hydrogen) atoms. The zero-order chi connectivity index (χ0) is 62.8. The van der Waals surface area contributed by atoms with Crippen LogP contribution in [0, 0.1) is 0 Å². The molecule has 492 valence electrons. The number of amides is 2. The van der Waals surface area contributed by atoms with Crippen molar-refractivity contribution in [1.29, 1.82) is 0 Å². The van der Waals surface area contributed by atoms with Crippen molar-refractivity contribution in [1.82, 2.24) is 10.6 Å². The highest BCUT2D eigenvalue weighted by Crippen LogP contribution is 2.39. The van der Waals surface area contributed by atoms with Crippen molar-refractivity contribution in [2.45, 2.75) is 65.2 Å². The Hall–Kier alpha value is -6.14. The number of ether oxygens (including phenoxy) is 12. The predicted molar refractivity (Wildman–Crippen MR) is 326 cm³/mol. The molecule has 2 aliphatic heterocycles. The van der Waals surface area contributed by atoms with E-state index in [9.17, 15) is 28.8 Å². The Morgan fingerprint density at radius 2 is 0.909 bits per heavy atom. The van der Waals surface area contributed by atoms with Crippen LogP contribution in [0.3, 0.4) is 0 Å². The van der Waals surface area contributed by atoms with Gasteiger partial charge in [0, 0.05) is 86.1 Å². The van der Waals surface area contributed by atoms with Gasteiger partial charge in [0.25, 0.3) is 11.8 Å². The third kappa shape index (κ3) is 28.1. The summed E-state index contributed by atoms with van der Waals surface area (Å²) in [4.78, 5) is 75.6. The number of rotatable bonds is 49. The summed E-state index contributed by atoms with van der Waals surface area (Å²) >= 11 is 0. The van der Waals surface area contributed by atoms with Gasteiger partial charge in [-0.3, -0.25) is 19.2 Å². The summed E-state index contributed by atoms with van der Waals surface area (Å²) in [6.07, 6.45) is 5.51. The van der Waals surface area contributed by atoms with Gasteiger partial charge in [0.15, 0.2) is 0 Å². The van der Waals surface area contributed by atoms with Gasteiger partial charge in [0.1, 0.15) is 22.3 Å². The van der Waals surface area contributed by atoms with Gasteiger partial charge in [-0.05, 0) is 88.3 Å². The number of aliphatic carboxylic acids is 2. The molecule has 2 aromatic carbocycles.